The quantitative estimate of drug-likeness (QED) is 0.358. The van der Waals surface area contributed by atoms with Gasteiger partial charge in [-0.1, -0.05) is 67.6 Å². The fraction of sp³-hybridized carbons (Fsp3) is 0.161. The number of hydrogen-bond acceptors (Lipinski definition) is 2. The molecule has 0 spiro atoms. The number of hydrogen-bond donors (Lipinski definition) is 1. The first-order valence-corrected chi connectivity index (χ1v) is 12.1. The molecule has 2 amide bonds. The van der Waals surface area contributed by atoms with Gasteiger partial charge in [0.05, 0.1) is 0 Å². The molecule has 1 aliphatic rings. The van der Waals surface area contributed by atoms with Crippen LogP contribution in [0, 0.1) is 0 Å². The zero-order chi connectivity index (χ0) is 24.2. The van der Waals surface area contributed by atoms with E-state index in [1.807, 2.05) is 59.5 Å². The summed E-state index contributed by atoms with van der Waals surface area (Å²) in [5.74, 6) is -0.188. The number of anilines is 2. The first-order valence-electron chi connectivity index (χ1n) is 12.1. The van der Waals surface area contributed by atoms with Crippen molar-refractivity contribution >= 4 is 23.2 Å². The molecule has 0 atom stereocenters. The molecule has 4 aromatic carbocycles. The van der Waals surface area contributed by atoms with E-state index in [0.29, 0.717) is 23.4 Å². The van der Waals surface area contributed by atoms with Crippen LogP contribution in [0.15, 0.2) is 97.1 Å². The molecule has 0 radical (unpaired) electrons. The van der Waals surface area contributed by atoms with Gasteiger partial charge in [0.25, 0.3) is 11.8 Å². The van der Waals surface area contributed by atoms with Gasteiger partial charge >= 0.3 is 0 Å². The van der Waals surface area contributed by atoms with E-state index in [2.05, 4.69) is 30.4 Å². The SMILES string of the molecule is CCc1ccccc1-c1ccccc1C(=O)Nc1ccc(C(=O)N2CCCc3ccccc32)cc1. The lowest BCUT2D eigenvalue weighted by Gasteiger charge is -2.29. The van der Waals surface area contributed by atoms with Crippen molar-refractivity contribution in [2.24, 2.45) is 0 Å². The third kappa shape index (κ3) is 4.60. The van der Waals surface area contributed by atoms with Gasteiger partial charge in [0.1, 0.15) is 0 Å². The predicted molar refractivity (Wildman–Crippen MR) is 142 cm³/mol. The fourth-order valence-corrected chi connectivity index (χ4v) is 4.80. The largest absolute Gasteiger partial charge is 0.322 e. The molecule has 0 fully saturated rings. The molecule has 5 rings (SSSR count). The number of benzene rings is 4. The summed E-state index contributed by atoms with van der Waals surface area (Å²) in [4.78, 5) is 28.3. The van der Waals surface area contributed by atoms with Gasteiger partial charge in [0, 0.05) is 29.0 Å². The van der Waals surface area contributed by atoms with E-state index in [4.69, 9.17) is 0 Å². The van der Waals surface area contributed by atoms with Gasteiger partial charge in [-0.25, -0.2) is 0 Å². The molecule has 0 saturated carbocycles. The minimum absolute atomic E-state index is 0.0171. The second kappa shape index (κ2) is 9.98. The number of carbonyl (C=O) groups is 2. The lowest BCUT2D eigenvalue weighted by atomic mass is 9.94. The number of aryl methyl sites for hydroxylation is 2. The summed E-state index contributed by atoms with van der Waals surface area (Å²) in [6, 6.07) is 31.1. The van der Waals surface area contributed by atoms with Crippen molar-refractivity contribution in [3.05, 3.63) is 119 Å². The molecule has 35 heavy (non-hydrogen) atoms. The van der Waals surface area contributed by atoms with Gasteiger partial charge in [0.15, 0.2) is 0 Å². The molecule has 174 valence electrons. The predicted octanol–water partition coefficient (Wildman–Crippen LogP) is 6.76. The van der Waals surface area contributed by atoms with Crippen molar-refractivity contribution < 1.29 is 9.59 Å². The zero-order valence-electron chi connectivity index (χ0n) is 19.8. The van der Waals surface area contributed by atoms with Gasteiger partial charge in [-0.05, 0) is 77.9 Å². The van der Waals surface area contributed by atoms with E-state index < -0.39 is 0 Å². The minimum atomic E-state index is -0.171. The standard InChI is InChI=1S/C31H28N2O2/c1-2-22-10-3-5-13-26(22)27-14-6-7-15-28(27)30(34)32-25-19-17-24(18-20-25)31(35)33-21-9-12-23-11-4-8-16-29(23)33/h3-8,10-11,13-20H,2,9,12,21H2,1H3,(H,32,34). The molecule has 0 aromatic heterocycles. The Balaban J connectivity index is 1.35. The number of amides is 2. The van der Waals surface area contributed by atoms with E-state index in [1.165, 1.54) is 11.1 Å². The normalized spacial score (nSPS) is 12.7. The minimum Gasteiger partial charge on any atom is -0.322 e. The third-order valence-corrected chi connectivity index (χ3v) is 6.61. The summed E-state index contributed by atoms with van der Waals surface area (Å²) < 4.78 is 0. The Kier molecular flexibility index (Phi) is 6.44. The highest BCUT2D eigenvalue weighted by molar-refractivity contribution is 6.10. The summed E-state index contributed by atoms with van der Waals surface area (Å²) in [5.41, 5.74) is 7.28. The van der Waals surface area contributed by atoms with E-state index in [0.717, 1.165) is 36.1 Å². The smallest absolute Gasteiger partial charge is 0.258 e. The van der Waals surface area contributed by atoms with Crippen molar-refractivity contribution in [3.63, 3.8) is 0 Å². The first-order chi connectivity index (χ1) is 17.2. The van der Waals surface area contributed by atoms with Crippen LogP contribution in [-0.2, 0) is 12.8 Å². The topological polar surface area (TPSA) is 49.4 Å². The highest BCUT2D eigenvalue weighted by Crippen LogP contribution is 2.30. The second-order valence-electron chi connectivity index (χ2n) is 8.78. The molecule has 0 bridgehead atoms. The van der Waals surface area contributed by atoms with Crippen LogP contribution in [0.2, 0.25) is 0 Å². The van der Waals surface area contributed by atoms with Gasteiger partial charge in [-0.15, -0.1) is 0 Å². The van der Waals surface area contributed by atoms with Crippen LogP contribution >= 0.6 is 0 Å². The summed E-state index contributed by atoms with van der Waals surface area (Å²) >= 11 is 0. The molecule has 0 unspecified atom stereocenters. The van der Waals surface area contributed by atoms with Gasteiger partial charge in [-0.2, -0.15) is 0 Å². The molecule has 1 aliphatic heterocycles. The van der Waals surface area contributed by atoms with Crippen LogP contribution in [0.25, 0.3) is 11.1 Å². The number of nitrogens with zero attached hydrogens (tertiary/aromatic N) is 1. The lowest BCUT2D eigenvalue weighted by Crippen LogP contribution is -2.35. The van der Waals surface area contributed by atoms with Crippen LogP contribution in [0.1, 0.15) is 45.2 Å². The number of fused-ring (bicyclic) bond motifs is 1. The summed E-state index contributed by atoms with van der Waals surface area (Å²) in [6.45, 7) is 2.83. The van der Waals surface area contributed by atoms with Crippen molar-refractivity contribution in [2.45, 2.75) is 26.2 Å². The molecule has 1 heterocycles. The Morgan fingerprint density at radius 3 is 2.29 bits per heavy atom. The Bertz CT molecular complexity index is 1370. The Hall–Kier alpha value is -4.18. The van der Waals surface area contributed by atoms with Gasteiger partial charge < -0.3 is 10.2 Å². The first kappa shape index (κ1) is 22.6. The zero-order valence-corrected chi connectivity index (χ0v) is 19.8. The Morgan fingerprint density at radius 2 is 1.49 bits per heavy atom. The van der Waals surface area contributed by atoms with Crippen molar-refractivity contribution in [1.29, 1.82) is 0 Å². The number of nitrogens with one attached hydrogen (secondary N) is 1. The maximum Gasteiger partial charge on any atom is 0.258 e. The molecular formula is C31H28N2O2. The van der Waals surface area contributed by atoms with Gasteiger partial charge in [-0.3, -0.25) is 9.59 Å². The van der Waals surface area contributed by atoms with E-state index in [-0.39, 0.29) is 11.8 Å². The van der Waals surface area contributed by atoms with Crippen molar-refractivity contribution in [1.82, 2.24) is 0 Å². The van der Waals surface area contributed by atoms with Crippen LogP contribution in [-0.4, -0.2) is 18.4 Å². The highest BCUT2D eigenvalue weighted by atomic mass is 16.2. The molecule has 0 aliphatic carbocycles. The molecule has 1 N–H and O–H groups in total. The highest BCUT2D eigenvalue weighted by Gasteiger charge is 2.23. The van der Waals surface area contributed by atoms with E-state index >= 15 is 0 Å². The van der Waals surface area contributed by atoms with Crippen LogP contribution in [0.3, 0.4) is 0 Å². The molecular weight excluding hydrogens is 432 g/mol. The number of rotatable bonds is 5. The second-order valence-corrected chi connectivity index (χ2v) is 8.78. The molecule has 4 aromatic rings. The average Bonchev–Trinajstić information content (AvgIpc) is 2.92. The molecule has 0 saturated heterocycles. The van der Waals surface area contributed by atoms with Crippen LogP contribution in [0.5, 0.6) is 0 Å². The summed E-state index contributed by atoms with van der Waals surface area (Å²) in [6.07, 6.45) is 2.84. The number of para-hydroxylation sites is 1. The van der Waals surface area contributed by atoms with Crippen LogP contribution in [0.4, 0.5) is 11.4 Å². The Morgan fingerprint density at radius 1 is 0.800 bits per heavy atom. The fourth-order valence-electron chi connectivity index (χ4n) is 4.80. The number of carbonyl (C=O) groups excluding carboxylic acids is 2. The summed E-state index contributed by atoms with van der Waals surface area (Å²) in [7, 11) is 0. The van der Waals surface area contributed by atoms with Crippen molar-refractivity contribution in [2.75, 3.05) is 16.8 Å². The van der Waals surface area contributed by atoms with Crippen molar-refractivity contribution in [3.8, 4) is 11.1 Å². The average molecular weight is 461 g/mol. The molecule has 4 heteroatoms. The van der Waals surface area contributed by atoms with E-state index in [1.54, 1.807) is 24.3 Å². The lowest BCUT2D eigenvalue weighted by molar-refractivity contribution is 0.0984. The maximum atomic E-state index is 13.2. The Labute approximate surface area is 206 Å². The monoisotopic (exact) mass is 460 g/mol. The summed E-state index contributed by atoms with van der Waals surface area (Å²) in [5, 5.41) is 3.00. The van der Waals surface area contributed by atoms with Crippen LogP contribution < -0.4 is 10.2 Å². The third-order valence-electron chi connectivity index (χ3n) is 6.61. The molecule has 4 nitrogen and oxygen atoms in total. The maximum absolute atomic E-state index is 13.2. The van der Waals surface area contributed by atoms with E-state index in [9.17, 15) is 9.59 Å². The van der Waals surface area contributed by atoms with Gasteiger partial charge in [0.2, 0.25) is 0 Å².